The fraction of sp³-hybridized carbons (Fsp3) is 0.143. The van der Waals surface area contributed by atoms with Gasteiger partial charge in [0.2, 0.25) is 0 Å². The lowest BCUT2D eigenvalue weighted by molar-refractivity contribution is 1.09. The average Bonchev–Trinajstić information content (AvgIpc) is 2.34. The lowest BCUT2D eigenvalue weighted by atomic mass is 10.4. The van der Waals surface area contributed by atoms with Crippen molar-refractivity contribution < 1.29 is 0 Å². The molecule has 0 aromatic carbocycles. The molecule has 0 spiro atoms. The molecule has 0 radical (unpaired) electrons. The second-order valence-electron chi connectivity index (χ2n) is 2.40. The molecule has 0 bridgehead atoms. The second kappa shape index (κ2) is 2.98. The Bertz CT molecular complexity index is 395. The standard InChI is InChI=1S/C7H8N4.ClH/c1-4-10-6(8)5-2-3-9-7(5)11-4;/h2-3H,1H3,(H3,8,9,10,11);1H. The zero-order valence-corrected chi connectivity index (χ0v) is 7.35. The summed E-state index contributed by atoms with van der Waals surface area (Å²) in [6, 6.07) is 1.87. The van der Waals surface area contributed by atoms with E-state index in [2.05, 4.69) is 15.0 Å². The summed E-state index contributed by atoms with van der Waals surface area (Å²) in [6.07, 6.45) is 1.80. The third kappa shape index (κ3) is 1.21. The van der Waals surface area contributed by atoms with Crippen LogP contribution < -0.4 is 5.73 Å². The molecule has 64 valence electrons. The van der Waals surface area contributed by atoms with E-state index in [-0.39, 0.29) is 12.4 Å². The second-order valence-corrected chi connectivity index (χ2v) is 2.40. The maximum absolute atomic E-state index is 5.63. The number of nitrogen functional groups attached to an aromatic ring is 1. The summed E-state index contributed by atoms with van der Waals surface area (Å²) in [5, 5.41) is 0.885. The van der Waals surface area contributed by atoms with Crippen LogP contribution in [0.1, 0.15) is 5.82 Å². The van der Waals surface area contributed by atoms with Gasteiger partial charge in [-0.25, -0.2) is 9.97 Å². The van der Waals surface area contributed by atoms with Crippen molar-refractivity contribution in [2.45, 2.75) is 6.92 Å². The van der Waals surface area contributed by atoms with Crippen molar-refractivity contribution in [2.75, 3.05) is 5.73 Å². The summed E-state index contributed by atoms with van der Waals surface area (Å²) < 4.78 is 0. The summed E-state index contributed by atoms with van der Waals surface area (Å²) in [7, 11) is 0. The van der Waals surface area contributed by atoms with E-state index in [0.29, 0.717) is 11.6 Å². The minimum absolute atomic E-state index is 0. The van der Waals surface area contributed by atoms with Crippen molar-refractivity contribution in [1.29, 1.82) is 0 Å². The molecule has 12 heavy (non-hydrogen) atoms. The van der Waals surface area contributed by atoms with Crippen molar-refractivity contribution in [3.63, 3.8) is 0 Å². The van der Waals surface area contributed by atoms with Crippen LogP contribution in [-0.2, 0) is 0 Å². The van der Waals surface area contributed by atoms with Crippen LogP contribution in [0.4, 0.5) is 5.82 Å². The summed E-state index contributed by atoms with van der Waals surface area (Å²) in [6.45, 7) is 1.82. The third-order valence-electron chi connectivity index (χ3n) is 1.56. The van der Waals surface area contributed by atoms with Gasteiger partial charge in [-0.3, -0.25) is 0 Å². The smallest absolute Gasteiger partial charge is 0.143 e. The van der Waals surface area contributed by atoms with Crippen molar-refractivity contribution in [1.82, 2.24) is 15.0 Å². The van der Waals surface area contributed by atoms with Gasteiger partial charge in [0.05, 0.1) is 5.39 Å². The van der Waals surface area contributed by atoms with E-state index in [1.54, 1.807) is 6.20 Å². The Labute approximate surface area is 75.6 Å². The van der Waals surface area contributed by atoms with Gasteiger partial charge < -0.3 is 10.7 Å². The van der Waals surface area contributed by atoms with Crippen LogP contribution >= 0.6 is 12.4 Å². The monoisotopic (exact) mass is 184 g/mol. The molecule has 3 N–H and O–H groups in total. The molecule has 0 saturated carbocycles. The summed E-state index contributed by atoms with van der Waals surface area (Å²) in [5.74, 6) is 1.23. The Morgan fingerprint density at radius 1 is 1.42 bits per heavy atom. The van der Waals surface area contributed by atoms with Crippen molar-refractivity contribution in [3.8, 4) is 0 Å². The molecule has 4 nitrogen and oxygen atoms in total. The summed E-state index contributed by atoms with van der Waals surface area (Å²) in [5.41, 5.74) is 6.43. The van der Waals surface area contributed by atoms with Crippen LogP contribution in [0.5, 0.6) is 0 Å². The number of halogens is 1. The Morgan fingerprint density at radius 3 is 2.92 bits per heavy atom. The number of hydrogen-bond donors (Lipinski definition) is 2. The molecule has 0 atom stereocenters. The van der Waals surface area contributed by atoms with Crippen molar-refractivity contribution >= 4 is 29.3 Å². The number of nitrogens with one attached hydrogen (secondary N) is 1. The molecule has 0 aliphatic heterocycles. The Morgan fingerprint density at radius 2 is 2.17 bits per heavy atom. The Balaban J connectivity index is 0.000000720. The first kappa shape index (κ1) is 8.80. The van der Waals surface area contributed by atoms with E-state index < -0.39 is 0 Å². The van der Waals surface area contributed by atoms with E-state index >= 15 is 0 Å². The van der Waals surface area contributed by atoms with Crippen molar-refractivity contribution in [3.05, 3.63) is 18.1 Å². The van der Waals surface area contributed by atoms with Crippen molar-refractivity contribution in [2.24, 2.45) is 0 Å². The number of aromatic amines is 1. The van der Waals surface area contributed by atoms with E-state index in [0.717, 1.165) is 11.0 Å². The number of nitrogens with two attached hydrogens (primary N) is 1. The summed E-state index contributed by atoms with van der Waals surface area (Å²) >= 11 is 0. The highest BCUT2D eigenvalue weighted by atomic mass is 35.5. The maximum atomic E-state index is 5.63. The molecule has 0 amide bonds. The molecule has 0 aliphatic rings. The molecule has 0 fully saturated rings. The largest absolute Gasteiger partial charge is 0.383 e. The zero-order valence-electron chi connectivity index (χ0n) is 6.53. The zero-order chi connectivity index (χ0) is 7.84. The minimum Gasteiger partial charge on any atom is -0.383 e. The third-order valence-corrected chi connectivity index (χ3v) is 1.56. The van der Waals surface area contributed by atoms with Crippen LogP contribution in [0.25, 0.3) is 11.0 Å². The summed E-state index contributed by atoms with van der Waals surface area (Å²) in [4.78, 5) is 11.1. The predicted octanol–water partition coefficient (Wildman–Crippen LogP) is 1.27. The van der Waals surface area contributed by atoms with Crippen LogP contribution in [-0.4, -0.2) is 15.0 Å². The molecule has 0 aliphatic carbocycles. The maximum Gasteiger partial charge on any atom is 0.143 e. The Kier molecular flexibility index (Phi) is 2.19. The van der Waals surface area contributed by atoms with E-state index in [1.165, 1.54) is 0 Å². The molecular weight excluding hydrogens is 176 g/mol. The Hall–Kier alpha value is -1.29. The van der Waals surface area contributed by atoms with Gasteiger partial charge >= 0.3 is 0 Å². The van der Waals surface area contributed by atoms with E-state index in [1.807, 2.05) is 13.0 Å². The average molecular weight is 185 g/mol. The molecule has 0 unspecified atom stereocenters. The highest BCUT2D eigenvalue weighted by Gasteiger charge is 2.01. The molecule has 2 heterocycles. The SMILES string of the molecule is Cc1nc(N)c2cc[nH]c2n1.Cl. The number of H-pyrrole nitrogens is 1. The lowest BCUT2D eigenvalue weighted by Gasteiger charge is -1.95. The van der Waals surface area contributed by atoms with Gasteiger partial charge in [0, 0.05) is 6.20 Å². The van der Waals surface area contributed by atoms with Gasteiger partial charge in [0.25, 0.3) is 0 Å². The topological polar surface area (TPSA) is 67.6 Å². The van der Waals surface area contributed by atoms with Crippen LogP contribution in [0, 0.1) is 6.92 Å². The number of hydrogen-bond acceptors (Lipinski definition) is 3. The first-order chi connectivity index (χ1) is 5.27. The van der Waals surface area contributed by atoms with Gasteiger partial charge in [-0.1, -0.05) is 0 Å². The lowest BCUT2D eigenvalue weighted by Crippen LogP contribution is -1.95. The van der Waals surface area contributed by atoms with Gasteiger partial charge in [0.1, 0.15) is 17.3 Å². The number of fused-ring (bicyclic) bond motifs is 1. The molecule has 0 saturated heterocycles. The quantitative estimate of drug-likeness (QED) is 0.648. The van der Waals surface area contributed by atoms with Gasteiger partial charge in [-0.05, 0) is 13.0 Å². The van der Waals surface area contributed by atoms with Gasteiger partial charge in [0.15, 0.2) is 0 Å². The molecule has 5 heteroatoms. The van der Waals surface area contributed by atoms with Crippen LogP contribution in [0.15, 0.2) is 12.3 Å². The van der Waals surface area contributed by atoms with Gasteiger partial charge in [-0.15, -0.1) is 12.4 Å². The number of rotatable bonds is 0. The highest BCUT2D eigenvalue weighted by Crippen LogP contribution is 2.14. The normalized spacial score (nSPS) is 9.75. The molecule has 2 rings (SSSR count). The molecular formula is C7H9ClN4. The molecule has 2 aromatic rings. The van der Waals surface area contributed by atoms with Crippen LogP contribution in [0.2, 0.25) is 0 Å². The number of aromatic nitrogens is 3. The first-order valence-corrected chi connectivity index (χ1v) is 3.34. The van der Waals surface area contributed by atoms with E-state index in [9.17, 15) is 0 Å². The fourth-order valence-electron chi connectivity index (χ4n) is 1.08. The number of aryl methyl sites for hydroxylation is 1. The number of anilines is 1. The van der Waals surface area contributed by atoms with Gasteiger partial charge in [-0.2, -0.15) is 0 Å². The van der Waals surface area contributed by atoms with E-state index in [4.69, 9.17) is 5.73 Å². The fourth-order valence-corrected chi connectivity index (χ4v) is 1.08. The minimum atomic E-state index is 0. The predicted molar refractivity (Wildman–Crippen MR) is 50.3 cm³/mol. The number of nitrogens with zero attached hydrogens (tertiary/aromatic N) is 2. The first-order valence-electron chi connectivity index (χ1n) is 3.34. The van der Waals surface area contributed by atoms with Crippen LogP contribution in [0.3, 0.4) is 0 Å². The molecule has 2 aromatic heterocycles. The highest BCUT2D eigenvalue weighted by molar-refractivity contribution is 5.85.